The lowest BCUT2D eigenvalue weighted by Crippen LogP contribution is -2.37. The van der Waals surface area contributed by atoms with E-state index in [1.807, 2.05) is 6.07 Å². The molecule has 0 saturated heterocycles. The number of nitrogens with zero attached hydrogens (tertiary/aromatic N) is 1. The summed E-state index contributed by atoms with van der Waals surface area (Å²) in [7, 11) is 0. The van der Waals surface area contributed by atoms with Crippen LogP contribution in [0, 0.1) is 0 Å². The summed E-state index contributed by atoms with van der Waals surface area (Å²) in [5.74, 6) is 0. The Kier molecular flexibility index (Phi) is 5.47. The number of rotatable bonds is 6. The van der Waals surface area contributed by atoms with Crippen LogP contribution >= 0.6 is 12.2 Å². The predicted octanol–water partition coefficient (Wildman–Crippen LogP) is 1.71. The smallest absolute Gasteiger partial charge is 0.0539 e. The van der Waals surface area contributed by atoms with Gasteiger partial charge in [-0.3, -0.25) is 4.90 Å². The lowest BCUT2D eigenvalue weighted by Gasteiger charge is -2.22. The van der Waals surface area contributed by atoms with Crippen molar-refractivity contribution in [1.82, 2.24) is 4.90 Å². The Balaban J connectivity index is 2.50. The highest BCUT2D eigenvalue weighted by Crippen LogP contribution is 2.04. The maximum atomic E-state index is 5.75. The molecule has 1 aromatic rings. The third-order valence-corrected chi connectivity index (χ3v) is 2.61. The van der Waals surface area contributed by atoms with E-state index in [1.54, 1.807) is 0 Å². The molecule has 2 nitrogen and oxygen atoms in total. The molecule has 0 saturated carbocycles. The summed E-state index contributed by atoms with van der Waals surface area (Å²) in [6, 6.07) is 10.2. The van der Waals surface area contributed by atoms with Gasteiger partial charge in [0.2, 0.25) is 0 Å². The van der Waals surface area contributed by atoms with Crippen LogP contribution in [-0.4, -0.2) is 29.4 Å². The Bertz CT molecular complexity index is 287. The van der Waals surface area contributed by atoms with Crippen LogP contribution in [0.5, 0.6) is 0 Å². The second-order valence-corrected chi connectivity index (χ2v) is 3.77. The van der Waals surface area contributed by atoms with Gasteiger partial charge in [0, 0.05) is 18.5 Å². The van der Waals surface area contributed by atoms with E-state index in [4.69, 9.17) is 18.0 Å². The van der Waals surface area contributed by atoms with E-state index < -0.39 is 0 Å². The number of likely N-dealkylation sites (N-methyl/N-ethyl adjacent to an activating group) is 1. The Morgan fingerprint density at radius 3 is 2.60 bits per heavy atom. The van der Waals surface area contributed by atoms with E-state index in [9.17, 15) is 0 Å². The van der Waals surface area contributed by atoms with Crippen LogP contribution in [0.25, 0.3) is 0 Å². The fourth-order valence-electron chi connectivity index (χ4n) is 1.46. The molecule has 0 aromatic heterocycles. The molecule has 1 radical (unpaired) electrons. The highest BCUT2D eigenvalue weighted by molar-refractivity contribution is 7.79. The summed E-state index contributed by atoms with van der Waals surface area (Å²) in [6.45, 7) is 4.79. The zero-order valence-electron chi connectivity index (χ0n) is 9.02. The van der Waals surface area contributed by atoms with Gasteiger partial charge in [-0.15, -0.1) is 0 Å². The minimum absolute atomic E-state index is 0.135. The van der Waals surface area contributed by atoms with E-state index >= 15 is 0 Å². The first-order valence-electron chi connectivity index (χ1n) is 5.15. The third kappa shape index (κ3) is 4.51. The van der Waals surface area contributed by atoms with Gasteiger partial charge < -0.3 is 5.73 Å². The van der Waals surface area contributed by atoms with Crippen molar-refractivity contribution in [3.63, 3.8) is 0 Å². The molecule has 1 rings (SSSR count). The lowest BCUT2D eigenvalue weighted by molar-refractivity contribution is 0.279. The Morgan fingerprint density at radius 2 is 2.07 bits per heavy atom. The Hall–Kier alpha value is -0.770. The fourth-order valence-corrected chi connectivity index (χ4v) is 1.54. The topological polar surface area (TPSA) is 29.3 Å². The molecular formula is C12H17N2S. The molecule has 0 aliphatic carbocycles. The van der Waals surface area contributed by atoms with E-state index in [0.717, 1.165) is 19.6 Å². The standard InChI is InChI=1S/C12H17N2S/c1-2-14(9-12(13)10-15)8-11-6-4-3-5-7-11/h3-7,12H,2,8-9,13H2,1H3. The first-order chi connectivity index (χ1) is 7.26. The van der Waals surface area contributed by atoms with Crippen molar-refractivity contribution in [3.8, 4) is 0 Å². The summed E-state index contributed by atoms with van der Waals surface area (Å²) < 4.78 is 0. The van der Waals surface area contributed by atoms with Gasteiger partial charge in [-0.05, 0) is 12.1 Å². The molecule has 1 atom stereocenters. The average molecular weight is 221 g/mol. The lowest BCUT2D eigenvalue weighted by atomic mass is 10.2. The Morgan fingerprint density at radius 1 is 1.40 bits per heavy atom. The van der Waals surface area contributed by atoms with Gasteiger partial charge in [0.1, 0.15) is 0 Å². The molecule has 3 heteroatoms. The molecule has 1 aromatic carbocycles. The van der Waals surface area contributed by atoms with Crippen LogP contribution in [0.3, 0.4) is 0 Å². The SMILES string of the molecule is CCN(Cc1ccccc1)CC(N)[C]=S. The number of hydrogen-bond acceptors (Lipinski definition) is 3. The second-order valence-electron chi connectivity index (χ2n) is 3.54. The number of thiocarbonyl (C=S) groups is 1. The van der Waals surface area contributed by atoms with E-state index in [-0.39, 0.29) is 6.04 Å². The zero-order valence-corrected chi connectivity index (χ0v) is 9.83. The van der Waals surface area contributed by atoms with Crippen LogP contribution < -0.4 is 5.73 Å². The quantitative estimate of drug-likeness (QED) is 0.742. The Labute approximate surface area is 97.1 Å². The van der Waals surface area contributed by atoms with Gasteiger partial charge in [0.05, 0.1) is 6.04 Å². The zero-order chi connectivity index (χ0) is 11.1. The molecule has 0 aliphatic rings. The van der Waals surface area contributed by atoms with Gasteiger partial charge in [-0.2, -0.15) is 0 Å². The largest absolute Gasteiger partial charge is 0.322 e. The molecule has 0 bridgehead atoms. The number of nitrogens with two attached hydrogens (primary N) is 1. The first-order valence-corrected chi connectivity index (χ1v) is 5.56. The minimum Gasteiger partial charge on any atom is -0.322 e. The van der Waals surface area contributed by atoms with Crippen molar-refractivity contribution in [1.29, 1.82) is 0 Å². The van der Waals surface area contributed by atoms with Crippen molar-refractivity contribution in [3.05, 3.63) is 35.9 Å². The summed E-state index contributed by atoms with van der Waals surface area (Å²) in [5, 5.41) is 2.63. The molecule has 0 amide bonds. The van der Waals surface area contributed by atoms with Gasteiger partial charge in [-0.25, -0.2) is 0 Å². The summed E-state index contributed by atoms with van der Waals surface area (Å²) in [4.78, 5) is 2.26. The van der Waals surface area contributed by atoms with Crippen molar-refractivity contribution < 1.29 is 0 Å². The molecule has 0 heterocycles. The fraction of sp³-hybridized carbons (Fsp3) is 0.417. The molecule has 0 fully saturated rings. The van der Waals surface area contributed by atoms with E-state index in [0.29, 0.717) is 0 Å². The normalized spacial score (nSPS) is 12.7. The second kappa shape index (κ2) is 6.67. The molecule has 1 unspecified atom stereocenters. The maximum absolute atomic E-state index is 5.75. The molecule has 0 spiro atoms. The molecule has 81 valence electrons. The van der Waals surface area contributed by atoms with E-state index in [1.165, 1.54) is 5.56 Å². The van der Waals surface area contributed by atoms with Crippen molar-refractivity contribution in [2.24, 2.45) is 5.73 Å². The predicted molar refractivity (Wildman–Crippen MR) is 68.0 cm³/mol. The number of hydrogen-bond donors (Lipinski definition) is 1. The minimum atomic E-state index is -0.135. The monoisotopic (exact) mass is 221 g/mol. The maximum Gasteiger partial charge on any atom is 0.0539 e. The van der Waals surface area contributed by atoms with Gasteiger partial charge in [-0.1, -0.05) is 49.5 Å². The summed E-state index contributed by atoms with van der Waals surface area (Å²) >= 11 is 4.70. The third-order valence-electron chi connectivity index (χ3n) is 2.30. The average Bonchev–Trinajstić information content (AvgIpc) is 2.29. The highest BCUT2D eigenvalue weighted by Gasteiger charge is 2.07. The van der Waals surface area contributed by atoms with Crippen LogP contribution in [0.1, 0.15) is 12.5 Å². The number of benzene rings is 1. The van der Waals surface area contributed by atoms with Crippen LogP contribution in [0.2, 0.25) is 0 Å². The molecule has 15 heavy (non-hydrogen) atoms. The van der Waals surface area contributed by atoms with Crippen molar-refractivity contribution in [2.45, 2.75) is 19.5 Å². The van der Waals surface area contributed by atoms with E-state index in [2.05, 4.69) is 41.5 Å². The van der Waals surface area contributed by atoms with Crippen LogP contribution in [0.15, 0.2) is 30.3 Å². The van der Waals surface area contributed by atoms with Gasteiger partial charge in [0.25, 0.3) is 0 Å². The van der Waals surface area contributed by atoms with Crippen molar-refractivity contribution >= 4 is 17.6 Å². The van der Waals surface area contributed by atoms with Gasteiger partial charge in [0.15, 0.2) is 0 Å². The first kappa shape index (κ1) is 12.3. The molecule has 2 N–H and O–H groups in total. The molecular weight excluding hydrogens is 204 g/mol. The van der Waals surface area contributed by atoms with Gasteiger partial charge >= 0.3 is 0 Å². The summed E-state index contributed by atoms with van der Waals surface area (Å²) in [5.41, 5.74) is 7.05. The van der Waals surface area contributed by atoms with Crippen LogP contribution in [0.4, 0.5) is 0 Å². The highest BCUT2D eigenvalue weighted by atomic mass is 32.1. The molecule has 0 aliphatic heterocycles. The van der Waals surface area contributed by atoms with Crippen LogP contribution in [-0.2, 0) is 6.54 Å². The van der Waals surface area contributed by atoms with Crippen molar-refractivity contribution in [2.75, 3.05) is 13.1 Å². The summed E-state index contributed by atoms with van der Waals surface area (Å²) in [6.07, 6.45) is 0.